The second-order valence-electron chi connectivity index (χ2n) is 7.52. The van der Waals surface area contributed by atoms with E-state index in [1.165, 1.54) is 18.4 Å². The number of aromatic nitrogens is 3. The van der Waals surface area contributed by atoms with Crippen LogP contribution in [0.1, 0.15) is 47.7 Å². The number of aromatic amines is 1. The molecule has 3 N–H and O–H groups in total. The molecule has 3 rings (SSSR count). The van der Waals surface area contributed by atoms with E-state index in [2.05, 4.69) is 51.4 Å². The summed E-state index contributed by atoms with van der Waals surface area (Å²) in [5.41, 5.74) is 4.28. The van der Waals surface area contributed by atoms with Crippen LogP contribution in [0.3, 0.4) is 0 Å². The van der Waals surface area contributed by atoms with Crippen LogP contribution in [-0.4, -0.2) is 39.9 Å². The van der Waals surface area contributed by atoms with Gasteiger partial charge in [-0.1, -0.05) is 20.8 Å². The molecule has 3 aromatic heterocycles. The lowest BCUT2D eigenvalue weighted by Gasteiger charge is -2.27. The van der Waals surface area contributed by atoms with Gasteiger partial charge in [-0.05, 0) is 24.5 Å². The average Bonchev–Trinajstić information content (AvgIpc) is 3.27. The molecule has 0 saturated heterocycles. The highest BCUT2D eigenvalue weighted by molar-refractivity contribution is 7.17. The standard InChI is InChI=1S/C19H23N5O3S/c1-10(19(2,3)4)22-17(25)11-8-20-16-15(11)23-12(9-21-16)13-6-7-14(28-13)18(26)24-27-5/h6-10H,1-5H3,(H,20,21)(H,22,25)(H,24,26)/t10-/m0/s1. The predicted molar refractivity (Wildman–Crippen MR) is 108 cm³/mol. The first kappa shape index (κ1) is 20.0. The van der Waals surface area contributed by atoms with Crippen molar-refractivity contribution in [2.24, 2.45) is 5.41 Å². The monoisotopic (exact) mass is 401 g/mol. The van der Waals surface area contributed by atoms with Crippen molar-refractivity contribution in [3.8, 4) is 10.6 Å². The molecule has 0 bridgehead atoms. The maximum atomic E-state index is 12.7. The third-order valence-corrected chi connectivity index (χ3v) is 5.66. The number of thiophene rings is 1. The summed E-state index contributed by atoms with van der Waals surface area (Å²) in [6.45, 7) is 8.18. The summed E-state index contributed by atoms with van der Waals surface area (Å²) in [7, 11) is 1.38. The van der Waals surface area contributed by atoms with Gasteiger partial charge in [0.2, 0.25) is 0 Å². The highest BCUT2D eigenvalue weighted by atomic mass is 32.1. The van der Waals surface area contributed by atoms with Gasteiger partial charge in [-0.2, -0.15) is 0 Å². The Balaban J connectivity index is 1.91. The van der Waals surface area contributed by atoms with E-state index in [1.807, 2.05) is 6.92 Å². The van der Waals surface area contributed by atoms with Crippen LogP contribution in [0, 0.1) is 5.41 Å². The van der Waals surface area contributed by atoms with Crippen LogP contribution in [0.5, 0.6) is 0 Å². The van der Waals surface area contributed by atoms with Crippen LogP contribution in [0.4, 0.5) is 0 Å². The number of hydrogen-bond donors (Lipinski definition) is 3. The van der Waals surface area contributed by atoms with Crippen LogP contribution in [-0.2, 0) is 4.84 Å². The number of carbonyl (C=O) groups excluding carboxylic acids is 2. The van der Waals surface area contributed by atoms with Crippen molar-refractivity contribution >= 4 is 34.3 Å². The summed E-state index contributed by atoms with van der Waals surface area (Å²) in [5.74, 6) is -0.530. The highest BCUT2D eigenvalue weighted by Gasteiger charge is 2.24. The summed E-state index contributed by atoms with van der Waals surface area (Å²) >= 11 is 1.27. The van der Waals surface area contributed by atoms with Crippen molar-refractivity contribution in [3.05, 3.63) is 35.0 Å². The summed E-state index contributed by atoms with van der Waals surface area (Å²) in [5, 5.41) is 3.02. The lowest BCUT2D eigenvalue weighted by molar-refractivity contribution is 0.0542. The van der Waals surface area contributed by atoms with Gasteiger partial charge in [-0.25, -0.2) is 15.4 Å². The fourth-order valence-corrected chi connectivity index (χ4v) is 3.26. The number of nitrogens with one attached hydrogen (secondary N) is 3. The Hall–Kier alpha value is -2.78. The summed E-state index contributed by atoms with van der Waals surface area (Å²) in [6, 6.07) is 3.47. The number of fused-ring (bicyclic) bond motifs is 1. The minimum Gasteiger partial charge on any atom is -0.349 e. The third kappa shape index (κ3) is 4.05. The Morgan fingerprint density at radius 2 is 2.00 bits per heavy atom. The minimum atomic E-state index is -0.328. The number of amides is 2. The molecular formula is C19H23N5O3S. The van der Waals surface area contributed by atoms with Crippen molar-refractivity contribution in [1.82, 2.24) is 25.7 Å². The number of hydrogen-bond acceptors (Lipinski definition) is 6. The molecule has 0 aliphatic carbocycles. The summed E-state index contributed by atoms with van der Waals surface area (Å²) < 4.78 is 0. The fourth-order valence-electron chi connectivity index (χ4n) is 2.41. The number of H-pyrrole nitrogens is 1. The van der Waals surface area contributed by atoms with E-state index in [9.17, 15) is 9.59 Å². The number of rotatable bonds is 5. The largest absolute Gasteiger partial charge is 0.349 e. The van der Waals surface area contributed by atoms with Gasteiger partial charge in [0.05, 0.1) is 34.3 Å². The first-order valence-corrected chi connectivity index (χ1v) is 9.61. The van der Waals surface area contributed by atoms with Gasteiger partial charge >= 0.3 is 0 Å². The third-order valence-electron chi connectivity index (χ3n) is 4.55. The van der Waals surface area contributed by atoms with Gasteiger partial charge in [0.25, 0.3) is 11.8 Å². The molecule has 148 valence electrons. The smallest absolute Gasteiger partial charge is 0.284 e. The normalized spacial score (nSPS) is 12.8. The van der Waals surface area contributed by atoms with E-state index in [4.69, 9.17) is 0 Å². The molecule has 0 aliphatic rings. The summed E-state index contributed by atoms with van der Waals surface area (Å²) in [4.78, 5) is 42.5. The fraction of sp³-hybridized carbons (Fsp3) is 0.368. The van der Waals surface area contributed by atoms with Crippen LogP contribution in [0.2, 0.25) is 0 Å². The molecule has 3 aromatic rings. The lowest BCUT2D eigenvalue weighted by atomic mass is 9.88. The molecule has 0 unspecified atom stereocenters. The molecule has 0 aliphatic heterocycles. The Kier molecular flexibility index (Phi) is 5.48. The van der Waals surface area contributed by atoms with Crippen LogP contribution in [0.15, 0.2) is 24.5 Å². The van der Waals surface area contributed by atoms with E-state index in [0.29, 0.717) is 27.3 Å². The quantitative estimate of drug-likeness (QED) is 0.569. The van der Waals surface area contributed by atoms with E-state index in [1.54, 1.807) is 24.5 Å². The second kappa shape index (κ2) is 7.69. The zero-order chi connectivity index (χ0) is 20.5. The van der Waals surface area contributed by atoms with Gasteiger partial charge in [0, 0.05) is 12.2 Å². The van der Waals surface area contributed by atoms with E-state index in [0.717, 1.165) is 4.88 Å². The Labute approximate surface area is 166 Å². The molecule has 1 atom stereocenters. The highest BCUT2D eigenvalue weighted by Crippen LogP contribution is 2.28. The van der Waals surface area contributed by atoms with Crippen molar-refractivity contribution in [2.75, 3.05) is 7.11 Å². The Morgan fingerprint density at radius 3 is 2.68 bits per heavy atom. The maximum absolute atomic E-state index is 12.7. The molecule has 0 radical (unpaired) electrons. The maximum Gasteiger partial charge on any atom is 0.284 e. The van der Waals surface area contributed by atoms with Crippen LogP contribution >= 0.6 is 11.3 Å². The molecule has 0 fully saturated rings. The van der Waals surface area contributed by atoms with Crippen molar-refractivity contribution in [2.45, 2.75) is 33.7 Å². The first-order chi connectivity index (χ1) is 13.2. The van der Waals surface area contributed by atoms with Crippen molar-refractivity contribution in [3.63, 3.8) is 0 Å². The molecule has 28 heavy (non-hydrogen) atoms. The van der Waals surface area contributed by atoms with Crippen molar-refractivity contribution < 1.29 is 14.4 Å². The van der Waals surface area contributed by atoms with Crippen LogP contribution in [0.25, 0.3) is 21.7 Å². The lowest BCUT2D eigenvalue weighted by Crippen LogP contribution is -2.41. The molecule has 0 spiro atoms. The Morgan fingerprint density at radius 1 is 1.25 bits per heavy atom. The number of hydroxylamine groups is 1. The minimum absolute atomic E-state index is 0.0137. The topological polar surface area (TPSA) is 109 Å². The van der Waals surface area contributed by atoms with Crippen LogP contribution < -0.4 is 10.8 Å². The zero-order valence-corrected chi connectivity index (χ0v) is 17.2. The predicted octanol–water partition coefficient (Wildman–Crippen LogP) is 3.14. The Bertz CT molecular complexity index is 1020. The van der Waals surface area contributed by atoms with E-state index >= 15 is 0 Å². The molecule has 3 heterocycles. The SMILES string of the molecule is CONC(=O)c1ccc(-c2cnc3[nH]cc(C(=O)N[C@@H](C)C(C)(C)C)c3n2)s1. The van der Waals surface area contributed by atoms with Gasteiger partial charge in [0.15, 0.2) is 5.65 Å². The molecular weight excluding hydrogens is 378 g/mol. The van der Waals surface area contributed by atoms with Gasteiger partial charge < -0.3 is 10.3 Å². The molecule has 0 saturated carbocycles. The zero-order valence-electron chi connectivity index (χ0n) is 16.4. The second-order valence-corrected chi connectivity index (χ2v) is 8.60. The van der Waals surface area contributed by atoms with E-state index in [-0.39, 0.29) is 23.3 Å². The van der Waals surface area contributed by atoms with Gasteiger partial charge in [0.1, 0.15) is 5.52 Å². The van der Waals surface area contributed by atoms with Gasteiger partial charge in [-0.3, -0.25) is 14.4 Å². The van der Waals surface area contributed by atoms with E-state index < -0.39 is 0 Å². The first-order valence-electron chi connectivity index (χ1n) is 8.79. The molecule has 0 aromatic carbocycles. The molecule has 8 nitrogen and oxygen atoms in total. The summed E-state index contributed by atoms with van der Waals surface area (Å²) in [6.07, 6.45) is 3.23. The number of nitrogens with zero attached hydrogens (tertiary/aromatic N) is 2. The molecule has 2 amide bonds. The number of carbonyl (C=O) groups is 2. The average molecular weight is 401 g/mol. The molecule has 9 heteroatoms. The van der Waals surface area contributed by atoms with Crippen molar-refractivity contribution in [1.29, 1.82) is 0 Å². The van der Waals surface area contributed by atoms with Gasteiger partial charge in [-0.15, -0.1) is 11.3 Å².